The average molecular weight is 372 g/mol. The lowest BCUT2D eigenvalue weighted by molar-refractivity contribution is 0.0986. The zero-order chi connectivity index (χ0) is 18.4. The van der Waals surface area contributed by atoms with E-state index in [-0.39, 0.29) is 5.78 Å². The number of hydrogen-bond donors (Lipinski definition) is 4. The summed E-state index contributed by atoms with van der Waals surface area (Å²) in [6, 6.07) is 14.7. The molecule has 1 aromatic heterocycles. The second kappa shape index (κ2) is 8.35. The topological polar surface area (TPSA) is 103 Å². The summed E-state index contributed by atoms with van der Waals surface area (Å²) >= 11 is 6.28. The van der Waals surface area contributed by atoms with E-state index in [0.29, 0.717) is 35.9 Å². The summed E-state index contributed by atoms with van der Waals surface area (Å²) in [6.07, 6.45) is 0.382. The van der Waals surface area contributed by atoms with Gasteiger partial charge in [-0.15, -0.1) is 0 Å². The quantitative estimate of drug-likeness (QED) is 0.456. The molecular formula is C18H18ClN5O2. The molecule has 0 amide bonds. The number of nitrogens with one attached hydrogen (secondary N) is 4. The van der Waals surface area contributed by atoms with Crippen molar-refractivity contribution in [1.29, 1.82) is 0 Å². The Hall–Kier alpha value is -3.06. The highest BCUT2D eigenvalue weighted by Gasteiger charge is 2.06. The predicted molar refractivity (Wildman–Crippen MR) is 102 cm³/mol. The maximum atomic E-state index is 12.1. The molecule has 0 spiro atoms. The third-order valence-corrected chi connectivity index (χ3v) is 4.06. The lowest BCUT2D eigenvalue weighted by Crippen LogP contribution is -2.09. The van der Waals surface area contributed by atoms with E-state index in [9.17, 15) is 9.59 Å². The Morgan fingerprint density at radius 2 is 1.88 bits per heavy atom. The lowest BCUT2D eigenvalue weighted by atomic mass is 10.1. The van der Waals surface area contributed by atoms with Crippen molar-refractivity contribution in [3.63, 3.8) is 0 Å². The van der Waals surface area contributed by atoms with Crippen LogP contribution >= 0.6 is 11.6 Å². The predicted octanol–water partition coefficient (Wildman–Crippen LogP) is 3.05. The summed E-state index contributed by atoms with van der Waals surface area (Å²) in [6.45, 7) is 0.863. The van der Waals surface area contributed by atoms with Crippen molar-refractivity contribution < 1.29 is 4.79 Å². The van der Waals surface area contributed by atoms with Crippen LogP contribution < -0.4 is 16.3 Å². The number of aromatic nitrogens is 3. The van der Waals surface area contributed by atoms with Crippen LogP contribution in [0.15, 0.2) is 53.3 Å². The molecule has 0 radical (unpaired) electrons. The molecular weight excluding hydrogens is 354 g/mol. The number of nitrogens with zero attached hydrogens (tertiary/aromatic N) is 1. The number of aromatic amines is 2. The van der Waals surface area contributed by atoms with Gasteiger partial charge in [0.1, 0.15) is 5.82 Å². The van der Waals surface area contributed by atoms with Crippen LogP contribution in [0.1, 0.15) is 22.6 Å². The first kappa shape index (κ1) is 17.8. The normalized spacial score (nSPS) is 10.5. The minimum atomic E-state index is -0.413. The van der Waals surface area contributed by atoms with E-state index >= 15 is 0 Å². The van der Waals surface area contributed by atoms with Crippen LogP contribution in [-0.2, 0) is 6.54 Å². The van der Waals surface area contributed by atoms with Crippen molar-refractivity contribution >= 4 is 28.8 Å². The number of Topliss-reactive ketones (excluding diaryl/α,β-unsaturated/α-hetero) is 1. The molecule has 2 aromatic carbocycles. The number of benzene rings is 2. The van der Waals surface area contributed by atoms with Gasteiger partial charge in [0, 0.05) is 24.2 Å². The van der Waals surface area contributed by atoms with Gasteiger partial charge in [-0.05, 0) is 18.2 Å². The molecule has 7 nitrogen and oxygen atoms in total. The monoisotopic (exact) mass is 371 g/mol. The minimum Gasteiger partial charge on any atom is -0.383 e. The number of halogens is 1. The van der Waals surface area contributed by atoms with Crippen molar-refractivity contribution in [3.8, 4) is 0 Å². The fourth-order valence-corrected chi connectivity index (χ4v) is 2.67. The summed E-state index contributed by atoms with van der Waals surface area (Å²) in [5.74, 6) is 0.591. The number of carbonyl (C=O) groups is 1. The van der Waals surface area contributed by atoms with E-state index in [1.807, 2.05) is 42.5 Å². The van der Waals surface area contributed by atoms with E-state index in [1.54, 1.807) is 6.07 Å². The minimum absolute atomic E-state index is 0.0838. The smallest absolute Gasteiger partial charge is 0.361 e. The van der Waals surface area contributed by atoms with Gasteiger partial charge in [0.15, 0.2) is 5.78 Å². The number of rotatable bonds is 8. The van der Waals surface area contributed by atoms with E-state index in [0.717, 1.165) is 11.4 Å². The Bertz CT molecular complexity index is 936. The molecule has 0 atom stereocenters. The fraction of sp³-hybridized carbons (Fsp3) is 0.167. The van der Waals surface area contributed by atoms with Gasteiger partial charge >= 0.3 is 5.69 Å². The van der Waals surface area contributed by atoms with Crippen LogP contribution in [0.5, 0.6) is 0 Å². The highest BCUT2D eigenvalue weighted by atomic mass is 35.5. The van der Waals surface area contributed by atoms with Gasteiger partial charge in [-0.3, -0.25) is 9.89 Å². The molecule has 1 heterocycles. The molecule has 4 N–H and O–H groups in total. The number of H-pyrrole nitrogens is 2. The van der Waals surface area contributed by atoms with E-state index in [1.165, 1.54) is 0 Å². The zero-order valence-corrected chi connectivity index (χ0v) is 14.6. The molecule has 0 aliphatic heterocycles. The van der Waals surface area contributed by atoms with E-state index < -0.39 is 5.69 Å². The van der Waals surface area contributed by atoms with Crippen LogP contribution in [-0.4, -0.2) is 27.5 Å². The molecule has 0 unspecified atom stereocenters. The third kappa shape index (κ3) is 4.73. The molecule has 8 heteroatoms. The number of anilines is 2. The summed E-state index contributed by atoms with van der Waals surface area (Å²) < 4.78 is 0. The lowest BCUT2D eigenvalue weighted by Gasteiger charge is -2.11. The van der Waals surface area contributed by atoms with Crippen LogP contribution in [0.3, 0.4) is 0 Å². The maximum absolute atomic E-state index is 12.1. The second-order valence-electron chi connectivity index (χ2n) is 5.63. The SMILES string of the molecule is O=C(CCNc1ccc(NCc2nc(=O)[nH][nH]2)cc1Cl)c1ccccc1. The van der Waals surface area contributed by atoms with Gasteiger partial charge < -0.3 is 10.6 Å². The Kier molecular flexibility index (Phi) is 5.70. The van der Waals surface area contributed by atoms with Crippen molar-refractivity contribution in [1.82, 2.24) is 15.2 Å². The molecule has 26 heavy (non-hydrogen) atoms. The molecule has 0 saturated heterocycles. The van der Waals surface area contributed by atoms with E-state index in [4.69, 9.17) is 11.6 Å². The third-order valence-electron chi connectivity index (χ3n) is 3.74. The molecule has 0 aliphatic rings. The first-order chi connectivity index (χ1) is 12.6. The van der Waals surface area contributed by atoms with Crippen molar-refractivity contribution in [2.45, 2.75) is 13.0 Å². The van der Waals surface area contributed by atoms with Crippen molar-refractivity contribution in [2.24, 2.45) is 0 Å². The molecule has 134 valence electrons. The Labute approximate surface area is 154 Å². The number of hydrogen-bond acceptors (Lipinski definition) is 5. The van der Waals surface area contributed by atoms with Gasteiger partial charge in [-0.2, -0.15) is 4.98 Å². The Morgan fingerprint density at radius 1 is 1.08 bits per heavy atom. The van der Waals surface area contributed by atoms with Gasteiger partial charge in [-0.1, -0.05) is 41.9 Å². The van der Waals surface area contributed by atoms with Gasteiger partial charge in [-0.25, -0.2) is 9.89 Å². The van der Waals surface area contributed by atoms with Crippen molar-refractivity contribution in [3.05, 3.63) is 75.4 Å². The molecule has 0 fully saturated rings. The Balaban J connectivity index is 1.51. The zero-order valence-electron chi connectivity index (χ0n) is 13.9. The Morgan fingerprint density at radius 3 is 2.58 bits per heavy atom. The molecule has 0 aliphatic carbocycles. The highest BCUT2D eigenvalue weighted by Crippen LogP contribution is 2.25. The fourth-order valence-electron chi connectivity index (χ4n) is 2.42. The average Bonchev–Trinajstić information content (AvgIpc) is 3.07. The number of ketones is 1. The molecule has 3 rings (SSSR count). The summed E-state index contributed by atoms with van der Waals surface area (Å²) in [4.78, 5) is 26.8. The second-order valence-corrected chi connectivity index (χ2v) is 6.04. The van der Waals surface area contributed by atoms with Crippen LogP contribution in [0, 0.1) is 0 Å². The molecule has 0 bridgehead atoms. The summed E-state index contributed by atoms with van der Waals surface area (Å²) in [5, 5.41) is 11.9. The van der Waals surface area contributed by atoms with Gasteiger partial charge in [0.25, 0.3) is 0 Å². The largest absolute Gasteiger partial charge is 0.383 e. The van der Waals surface area contributed by atoms with Gasteiger partial charge in [0.05, 0.1) is 17.3 Å². The van der Waals surface area contributed by atoms with Gasteiger partial charge in [0.2, 0.25) is 0 Å². The molecule has 3 aromatic rings. The molecule has 0 saturated carbocycles. The summed E-state index contributed by atoms with van der Waals surface area (Å²) in [7, 11) is 0. The summed E-state index contributed by atoms with van der Waals surface area (Å²) in [5.41, 5.74) is 1.84. The van der Waals surface area contributed by atoms with Crippen molar-refractivity contribution in [2.75, 3.05) is 17.2 Å². The van der Waals surface area contributed by atoms with Crippen LogP contribution in [0.25, 0.3) is 0 Å². The highest BCUT2D eigenvalue weighted by molar-refractivity contribution is 6.33. The van der Waals surface area contributed by atoms with Crippen LogP contribution in [0.4, 0.5) is 11.4 Å². The number of carbonyl (C=O) groups excluding carboxylic acids is 1. The van der Waals surface area contributed by atoms with Crippen LogP contribution in [0.2, 0.25) is 5.02 Å². The standard InChI is InChI=1S/C18H18ClN5O2/c19-14-10-13(21-11-17-22-18(26)24-23-17)6-7-15(14)20-9-8-16(25)12-4-2-1-3-5-12/h1-7,10,20-21H,8-9,11H2,(H2,22,23,24,26). The first-order valence-corrected chi connectivity index (χ1v) is 8.49. The van der Waals surface area contributed by atoms with E-state index in [2.05, 4.69) is 25.8 Å². The maximum Gasteiger partial charge on any atom is 0.361 e. The first-order valence-electron chi connectivity index (χ1n) is 8.11.